The molecule has 7 aromatic carbocycles. The van der Waals surface area contributed by atoms with Crippen LogP contribution >= 0.6 is 22.7 Å². The molecule has 0 radical (unpaired) electrons. The van der Waals surface area contributed by atoms with Gasteiger partial charge in [0.2, 0.25) is 0 Å². The van der Waals surface area contributed by atoms with Crippen LogP contribution in [0.5, 0.6) is 0 Å². The standard InChI is InChI=1S/C54H49BN2S2/c1-52(2,3)30-18-22-33(23-19-30)56-40-24-20-31(53(4,5)6)26-37(40)46-47-35-15-11-13-17-44(35)59-51(47)48-38-27-32(54(7,8)9)21-25-41(38)57-42-28-36-34-14-10-12-16-43(34)58-45(36)29-39(42)55-49(46)50(48)57/h10-29,55-56H,1-9H3. The second kappa shape index (κ2) is 12.6. The van der Waals surface area contributed by atoms with Crippen molar-refractivity contribution in [3.05, 3.63) is 138 Å². The number of hydrogen-bond donors (Lipinski definition) is 1. The molecule has 11 rings (SSSR count). The van der Waals surface area contributed by atoms with Gasteiger partial charge < -0.3 is 9.88 Å². The third-order valence-corrected chi connectivity index (χ3v) is 15.2. The Bertz CT molecular complexity index is 3370. The van der Waals surface area contributed by atoms with Crippen molar-refractivity contribution < 1.29 is 0 Å². The summed E-state index contributed by atoms with van der Waals surface area (Å²) in [6, 6.07) is 46.6. The molecule has 10 aromatic rings. The van der Waals surface area contributed by atoms with Gasteiger partial charge in [-0.1, -0.05) is 128 Å². The lowest BCUT2D eigenvalue weighted by atomic mass is 9.58. The summed E-state index contributed by atoms with van der Waals surface area (Å²) in [5.74, 6) is 0. The number of hydrogen-bond acceptors (Lipinski definition) is 3. The molecular weight excluding hydrogens is 752 g/mol. The molecule has 0 fully saturated rings. The van der Waals surface area contributed by atoms with Crippen LogP contribution in [0.3, 0.4) is 0 Å². The van der Waals surface area contributed by atoms with Crippen molar-refractivity contribution in [2.75, 3.05) is 5.32 Å². The normalized spacial score (nSPS) is 13.3. The average Bonchev–Trinajstić information content (AvgIpc) is 3.87. The first-order valence-corrected chi connectivity index (χ1v) is 22.7. The predicted molar refractivity (Wildman–Crippen MR) is 264 cm³/mol. The van der Waals surface area contributed by atoms with Gasteiger partial charge in [0, 0.05) is 73.7 Å². The molecule has 4 heterocycles. The van der Waals surface area contributed by atoms with E-state index in [1.165, 1.54) is 107 Å². The topological polar surface area (TPSA) is 17.0 Å². The van der Waals surface area contributed by atoms with Crippen molar-refractivity contribution in [2.45, 2.75) is 78.6 Å². The minimum Gasteiger partial charge on any atom is -0.355 e. The van der Waals surface area contributed by atoms with E-state index in [9.17, 15) is 0 Å². The molecule has 0 saturated carbocycles. The van der Waals surface area contributed by atoms with Gasteiger partial charge in [0.05, 0.1) is 11.0 Å². The van der Waals surface area contributed by atoms with Gasteiger partial charge in [0.25, 0.3) is 0 Å². The molecule has 0 atom stereocenters. The van der Waals surface area contributed by atoms with Crippen LogP contribution in [0.25, 0.3) is 79.0 Å². The predicted octanol–water partition coefficient (Wildman–Crippen LogP) is 14.5. The zero-order valence-corrected chi connectivity index (χ0v) is 37.2. The van der Waals surface area contributed by atoms with Crippen LogP contribution in [0.2, 0.25) is 0 Å². The highest BCUT2D eigenvalue weighted by atomic mass is 32.1. The van der Waals surface area contributed by atoms with Gasteiger partial charge in [0.15, 0.2) is 7.28 Å². The molecule has 0 spiro atoms. The Morgan fingerprint density at radius 1 is 0.525 bits per heavy atom. The quantitative estimate of drug-likeness (QED) is 0.176. The minimum absolute atomic E-state index is 0.0174. The van der Waals surface area contributed by atoms with Crippen molar-refractivity contribution in [3.63, 3.8) is 0 Å². The number of benzene rings is 7. The molecule has 0 saturated heterocycles. The fourth-order valence-corrected chi connectivity index (χ4v) is 12.0. The molecule has 3 aromatic heterocycles. The molecule has 1 N–H and O–H groups in total. The summed E-state index contributed by atoms with van der Waals surface area (Å²) >= 11 is 3.88. The van der Waals surface area contributed by atoms with Crippen LogP contribution in [0.15, 0.2) is 121 Å². The van der Waals surface area contributed by atoms with Crippen molar-refractivity contribution >= 4 is 114 Å². The van der Waals surface area contributed by atoms with Gasteiger partial charge in [-0.15, -0.1) is 22.7 Å². The summed E-state index contributed by atoms with van der Waals surface area (Å²) in [4.78, 5) is 0. The summed E-state index contributed by atoms with van der Waals surface area (Å²) in [7, 11) is 0.855. The van der Waals surface area contributed by atoms with E-state index in [0.29, 0.717) is 0 Å². The highest BCUT2D eigenvalue weighted by Crippen LogP contribution is 2.50. The summed E-state index contributed by atoms with van der Waals surface area (Å²) < 4.78 is 8.06. The van der Waals surface area contributed by atoms with E-state index in [0.717, 1.165) is 18.7 Å². The number of nitrogens with one attached hydrogen (secondary N) is 1. The Balaban J connectivity index is 1.30. The molecule has 0 unspecified atom stereocenters. The molecular formula is C54H49BN2S2. The molecule has 1 aliphatic rings. The van der Waals surface area contributed by atoms with Crippen LogP contribution in [-0.2, 0) is 16.2 Å². The first-order chi connectivity index (χ1) is 28.1. The summed E-state index contributed by atoms with van der Waals surface area (Å²) in [6.45, 7) is 20.9. The smallest absolute Gasteiger partial charge is 0.198 e. The number of fused-ring (bicyclic) bond motifs is 12. The highest BCUT2D eigenvalue weighted by molar-refractivity contribution is 7.27. The summed E-state index contributed by atoms with van der Waals surface area (Å²) in [5.41, 5.74) is 15.7. The summed E-state index contributed by atoms with van der Waals surface area (Å²) in [6.07, 6.45) is 0. The van der Waals surface area contributed by atoms with E-state index in [1.54, 1.807) is 0 Å². The molecule has 2 nitrogen and oxygen atoms in total. The van der Waals surface area contributed by atoms with Gasteiger partial charge in [-0.25, -0.2) is 0 Å². The number of rotatable bonds is 3. The zero-order chi connectivity index (χ0) is 40.7. The Hall–Kier alpha value is -5.36. The largest absolute Gasteiger partial charge is 0.355 e. The second-order valence-electron chi connectivity index (χ2n) is 19.9. The Morgan fingerprint density at radius 2 is 1.15 bits per heavy atom. The Kier molecular flexibility index (Phi) is 7.83. The van der Waals surface area contributed by atoms with Gasteiger partial charge >= 0.3 is 0 Å². The van der Waals surface area contributed by atoms with Crippen molar-refractivity contribution in [2.24, 2.45) is 0 Å². The van der Waals surface area contributed by atoms with Crippen LogP contribution < -0.4 is 16.2 Å². The van der Waals surface area contributed by atoms with Crippen LogP contribution in [0.4, 0.5) is 11.4 Å². The fourth-order valence-electron chi connectivity index (χ4n) is 9.61. The van der Waals surface area contributed by atoms with E-state index in [2.05, 4.69) is 194 Å². The first-order valence-electron chi connectivity index (χ1n) is 21.1. The summed E-state index contributed by atoms with van der Waals surface area (Å²) in [5, 5.41) is 12.1. The molecule has 59 heavy (non-hydrogen) atoms. The Labute approximate surface area is 355 Å². The molecule has 0 aliphatic carbocycles. The van der Waals surface area contributed by atoms with Crippen LogP contribution in [0.1, 0.15) is 79.0 Å². The third kappa shape index (κ3) is 5.65. The Morgan fingerprint density at radius 3 is 1.86 bits per heavy atom. The second-order valence-corrected chi connectivity index (χ2v) is 22.0. The average molecular weight is 801 g/mol. The van der Waals surface area contributed by atoms with Crippen molar-refractivity contribution in [3.8, 4) is 16.8 Å². The molecule has 1 aliphatic heterocycles. The first kappa shape index (κ1) is 36.7. The zero-order valence-electron chi connectivity index (χ0n) is 35.5. The van der Waals surface area contributed by atoms with E-state index in [1.807, 2.05) is 22.7 Å². The maximum atomic E-state index is 3.97. The van der Waals surface area contributed by atoms with Gasteiger partial charge in [-0.05, 0) is 105 Å². The van der Waals surface area contributed by atoms with E-state index in [-0.39, 0.29) is 16.2 Å². The third-order valence-electron chi connectivity index (χ3n) is 12.9. The number of anilines is 2. The fraction of sp³-hybridized carbons (Fsp3) is 0.222. The minimum atomic E-state index is -0.0313. The van der Waals surface area contributed by atoms with E-state index >= 15 is 0 Å². The number of aromatic nitrogens is 1. The van der Waals surface area contributed by atoms with Gasteiger partial charge in [-0.3, -0.25) is 0 Å². The number of nitrogens with zero attached hydrogens (tertiary/aromatic N) is 1. The van der Waals surface area contributed by atoms with Crippen LogP contribution in [-0.4, -0.2) is 11.8 Å². The SMILES string of the molecule is CC(C)(C)c1ccc(Nc2ccc(C(C)(C)C)cc2-c2c3c4c(c5cc(C(C)(C)C)ccc5n4-c4cc5c(cc4B3)sc3ccccc35)c3sc4ccccc4c23)cc1. The molecule has 0 bridgehead atoms. The lowest BCUT2D eigenvalue weighted by Crippen LogP contribution is -2.37. The van der Waals surface area contributed by atoms with Crippen molar-refractivity contribution in [1.29, 1.82) is 0 Å². The van der Waals surface area contributed by atoms with E-state index < -0.39 is 0 Å². The monoisotopic (exact) mass is 800 g/mol. The lowest BCUT2D eigenvalue weighted by molar-refractivity contribution is 0.590. The molecule has 0 amide bonds. The molecule has 290 valence electrons. The lowest BCUT2D eigenvalue weighted by Gasteiger charge is -2.27. The van der Waals surface area contributed by atoms with Crippen LogP contribution in [0, 0.1) is 0 Å². The van der Waals surface area contributed by atoms with Crippen molar-refractivity contribution in [1.82, 2.24) is 4.57 Å². The molecule has 5 heteroatoms. The maximum absolute atomic E-state index is 3.97. The van der Waals surface area contributed by atoms with E-state index in [4.69, 9.17) is 0 Å². The van der Waals surface area contributed by atoms with Gasteiger partial charge in [0.1, 0.15) is 0 Å². The highest BCUT2D eigenvalue weighted by Gasteiger charge is 2.32. The number of thiophene rings is 2. The van der Waals surface area contributed by atoms with Gasteiger partial charge in [-0.2, -0.15) is 0 Å². The maximum Gasteiger partial charge on any atom is 0.198 e.